The number of alkyl halides is 2. The molecule has 1 atom stereocenters. The quantitative estimate of drug-likeness (QED) is 0.620. The van der Waals surface area contributed by atoms with Gasteiger partial charge in [-0.25, -0.2) is 8.78 Å². The van der Waals surface area contributed by atoms with Crippen LogP contribution in [0.4, 0.5) is 8.78 Å². The molecule has 0 amide bonds. The summed E-state index contributed by atoms with van der Waals surface area (Å²) in [5.41, 5.74) is 0. The van der Waals surface area contributed by atoms with Gasteiger partial charge in [0.25, 0.3) is 5.92 Å². The Bertz CT molecular complexity index is 134. The predicted molar refractivity (Wildman–Crippen MR) is 38.8 cm³/mol. The lowest BCUT2D eigenvalue weighted by Gasteiger charge is -2.05. The highest BCUT2D eigenvalue weighted by Crippen LogP contribution is 2.50. The van der Waals surface area contributed by atoms with Crippen molar-refractivity contribution in [3.8, 4) is 0 Å². The maximum atomic E-state index is 12.3. The Balaban J connectivity index is 1.98. The van der Waals surface area contributed by atoms with E-state index in [1.54, 1.807) is 0 Å². The van der Waals surface area contributed by atoms with Gasteiger partial charge in [-0.15, -0.1) is 0 Å². The van der Waals surface area contributed by atoms with Gasteiger partial charge in [0, 0.05) is 18.9 Å². The van der Waals surface area contributed by atoms with E-state index >= 15 is 0 Å². The van der Waals surface area contributed by atoms with Gasteiger partial charge in [-0.3, -0.25) is 0 Å². The van der Waals surface area contributed by atoms with Gasteiger partial charge in [-0.1, -0.05) is 0 Å². The second-order valence-electron chi connectivity index (χ2n) is 3.37. The standard InChI is InChI=1S/C8H14F2O/c1-6(2)11-4-3-7-5-8(7,9)10/h6-7H,3-5H2,1-2H3. The Morgan fingerprint density at radius 2 is 2.09 bits per heavy atom. The molecule has 3 heteroatoms. The van der Waals surface area contributed by atoms with Crippen LogP contribution >= 0.6 is 0 Å². The molecule has 0 aromatic rings. The van der Waals surface area contributed by atoms with Crippen molar-refractivity contribution in [3.63, 3.8) is 0 Å². The van der Waals surface area contributed by atoms with Crippen LogP contribution in [0.1, 0.15) is 26.7 Å². The molecule has 1 unspecified atom stereocenters. The van der Waals surface area contributed by atoms with E-state index in [1.807, 2.05) is 13.8 Å². The van der Waals surface area contributed by atoms with Gasteiger partial charge in [0.1, 0.15) is 0 Å². The largest absolute Gasteiger partial charge is 0.379 e. The number of hydrogen-bond donors (Lipinski definition) is 0. The van der Waals surface area contributed by atoms with Crippen molar-refractivity contribution in [2.75, 3.05) is 6.61 Å². The summed E-state index contributed by atoms with van der Waals surface area (Å²) < 4.78 is 29.7. The lowest BCUT2D eigenvalue weighted by Crippen LogP contribution is -2.06. The monoisotopic (exact) mass is 164 g/mol. The zero-order valence-corrected chi connectivity index (χ0v) is 6.94. The van der Waals surface area contributed by atoms with Crippen molar-refractivity contribution in [2.24, 2.45) is 5.92 Å². The minimum absolute atomic E-state index is 0.0639. The summed E-state index contributed by atoms with van der Waals surface area (Å²) in [6.07, 6.45) is 0.724. The van der Waals surface area contributed by atoms with Crippen LogP contribution in [0.2, 0.25) is 0 Å². The van der Waals surface area contributed by atoms with Gasteiger partial charge in [0.2, 0.25) is 0 Å². The van der Waals surface area contributed by atoms with Crippen molar-refractivity contribution in [2.45, 2.75) is 38.7 Å². The summed E-state index contributed by atoms with van der Waals surface area (Å²) >= 11 is 0. The summed E-state index contributed by atoms with van der Waals surface area (Å²) in [5.74, 6) is -2.78. The van der Waals surface area contributed by atoms with Crippen molar-refractivity contribution in [1.82, 2.24) is 0 Å². The SMILES string of the molecule is CC(C)OCCC1CC1(F)F. The van der Waals surface area contributed by atoms with Gasteiger partial charge in [-0.05, 0) is 20.3 Å². The zero-order chi connectivity index (χ0) is 8.48. The highest BCUT2D eigenvalue weighted by molar-refractivity contribution is 4.94. The summed E-state index contributed by atoms with van der Waals surface area (Å²) in [5, 5.41) is 0. The van der Waals surface area contributed by atoms with Crippen LogP contribution in [0.3, 0.4) is 0 Å². The first-order valence-electron chi connectivity index (χ1n) is 4.02. The fourth-order valence-electron chi connectivity index (χ4n) is 1.03. The smallest absolute Gasteiger partial charge is 0.251 e. The molecule has 1 aliphatic carbocycles. The maximum Gasteiger partial charge on any atom is 0.251 e. The first kappa shape index (κ1) is 8.91. The van der Waals surface area contributed by atoms with Gasteiger partial charge in [0.05, 0.1) is 6.10 Å². The fraction of sp³-hybridized carbons (Fsp3) is 1.00. The Morgan fingerprint density at radius 3 is 2.45 bits per heavy atom. The first-order valence-corrected chi connectivity index (χ1v) is 4.02. The summed E-state index contributed by atoms with van der Waals surface area (Å²) in [6, 6.07) is 0. The topological polar surface area (TPSA) is 9.23 Å². The second kappa shape index (κ2) is 3.05. The van der Waals surface area contributed by atoms with E-state index in [4.69, 9.17) is 4.74 Å². The number of hydrogen-bond acceptors (Lipinski definition) is 1. The molecule has 11 heavy (non-hydrogen) atoms. The molecule has 0 aromatic heterocycles. The maximum absolute atomic E-state index is 12.3. The molecule has 0 radical (unpaired) electrons. The lowest BCUT2D eigenvalue weighted by molar-refractivity contribution is 0.0542. The number of ether oxygens (including phenoxy) is 1. The molecule has 0 aromatic carbocycles. The molecular formula is C8H14F2O. The fourth-order valence-corrected chi connectivity index (χ4v) is 1.03. The molecule has 66 valence electrons. The average molecular weight is 164 g/mol. The van der Waals surface area contributed by atoms with E-state index < -0.39 is 11.8 Å². The van der Waals surface area contributed by atoms with E-state index in [0.717, 1.165) is 0 Å². The Kier molecular flexibility index (Phi) is 2.47. The van der Waals surface area contributed by atoms with Gasteiger partial charge >= 0.3 is 0 Å². The summed E-state index contributed by atoms with van der Waals surface area (Å²) in [7, 11) is 0. The van der Waals surface area contributed by atoms with Gasteiger partial charge < -0.3 is 4.74 Å². The molecule has 0 N–H and O–H groups in total. The molecule has 1 fully saturated rings. The predicted octanol–water partition coefficient (Wildman–Crippen LogP) is 2.46. The summed E-state index contributed by atoms with van der Waals surface area (Å²) in [6.45, 7) is 4.29. The Labute approximate surface area is 65.7 Å². The van der Waals surface area contributed by atoms with Crippen molar-refractivity contribution >= 4 is 0 Å². The Morgan fingerprint density at radius 1 is 1.55 bits per heavy atom. The van der Waals surface area contributed by atoms with Crippen LogP contribution in [0.15, 0.2) is 0 Å². The lowest BCUT2D eigenvalue weighted by atomic mass is 10.3. The highest BCUT2D eigenvalue weighted by Gasteiger charge is 2.55. The van der Waals surface area contributed by atoms with E-state index in [-0.39, 0.29) is 12.5 Å². The van der Waals surface area contributed by atoms with Crippen LogP contribution in [-0.4, -0.2) is 18.6 Å². The molecule has 0 bridgehead atoms. The van der Waals surface area contributed by atoms with Crippen molar-refractivity contribution in [1.29, 1.82) is 0 Å². The highest BCUT2D eigenvalue weighted by atomic mass is 19.3. The second-order valence-corrected chi connectivity index (χ2v) is 3.37. The molecule has 0 saturated heterocycles. The molecular weight excluding hydrogens is 150 g/mol. The van der Waals surface area contributed by atoms with Gasteiger partial charge in [0.15, 0.2) is 0 Å². The van der Waals surface area contributed by atoms with Crippen LogP contribution in [0, 0.1) is 5.92 Å². The minimum Gasteiger partial charge on any atom is -0.379 e. The minimum atomic E-state index is -2.37. The molecule has 1 rings (SSSR count). The van der Waals surface area contributed by atoms with E-state index in [9.17, 15) is 8.78 Å². The number of halogens is 2. The van der Waals surface area contributed by atoms with Crippen LogP contribution in [0.25, 0.3) is 0 Å². The van der Waals surface area contributed by atoms with E-state index in [0.29, 0.717) is 13.0 Å². The number of rotatable bonds is 4. The van der Waals surface area contributed by atoms with Gasteiger partial charge in [-0.2, -0.15) is 0 Å². The molecule has 1 saturated carbocycles. The van der Waals surface area contributed by atoms with Crippen LogP contribution in [-0.2, 0) is 4.74 Å². The average Bonchev–Trinajstić information content (AvgIpc) is 2.39. The van der Waals surface area contributed by atoms with Crippen molar-refractivity contribution < 1.29 is 13.5 Å². The third kappa shape index (κ3) is 2.73. The van der Waals surface area contributed by atoms with Crippen molar-refractivity contribution in [3.05, 3.63) is 0 Å². The molecule has 0 heterocycles. The summed E-state index contributed by atoms with van der Waals surface area (Å²) in [4.78, 5) is 0. The third-order valence-corrected chi connectivity index (χ3v) is 1.87. The van der Waals surface area contributed by atoms with E-state index in [2.05, 4.69) is 0 Å². The normalized spacial score (nSPS) is 27.5. The molecule has 1 nitrogen and oxygen atoms in total. The molecule has 1 aliphatic rings. The van der Waals surface area contributed by atoms with Crippen LogP contribution in [0.5, 0.6) is 0 Å². The Hall–Kier alpha value is -0.180. The van der Waals surface area contributed by atoms with Crippen LogP contribution < -0.4 is 0 Å². The zero-order valence-electron chi connectivity index (χ0n) is 6.94. The van der Waals surface area contributed by atoms with E-state index in [1.165, 1.54) is 0 Å². The molecule has 0 aliphatic heterocycles. The molecule has 0 spiro atoms. The first-order chi connectivity index (χ1) is 5.02. The third-order valence-electron chi connectivity index (χ3n) is 1.87.